The molecule has 2 atom stereocenters. The molecule has 10 heavy (non-hydrogen) atoms. The van der Waals surface area contributed by atoms with Gasteiger partial charge >= 0.3 is 6.18 Å². The second-order valence-corrected chi connectivity index (χ2v) is 2.38. The van der Waals surface area contributed by atoms with E-state index in [0.29, 0.717) is 0 Å². The number of halogens is 4. The highest BCUT2D eigenvalue weighted by Gasteiger charge is 2.54. The third kappa shape index (κ3) is 2.02. The molecule has 1 saturated carbocycles. The largest absolute Gasteiger partial charge is 0.392 e. The lowest BCUT2D eigenvalue weighted by Crippen LogP contribution is -2.15. The molecule has 0 heterocycles. The van der Waals surface area contributed by atoms with Gasteiger partial charge in [0.2, 0.25) is 0 Å². The van der Waals surface area contributed by atoms with Gasteiger partial charge in [0.1, 0.15) is 0 Å². The van der Waals surface area contributed by atoms with Crippen LogP contribution >= 0.6 is 12.4 Å². The Hall–Kier alpha value is 0.0400. The summed E-state index contributed by atoms with van der Waals surface area (Å²) in [7, 11) is 0. The van der Waals surface area contributed by atoms with Crippen molar-refractivity contribution in [1.82, 2.24) is 0 Å². The molecule has 0 aliphatic heterocycles. The number of nitrogens with two attached hydrogens (primary N) is 1. The topological polar surface area (TPSA) is 26.0 Å². The Morgan fingerprint density at radius 3 is 2.00 bits per heavy atom. The number of hydrogen-bond acceptors (Lipinski definition) is 1. The van der Waals surface area contributed by atoms with Crippen molar-refractivity contribution in [2.75, 3.05) is 6.54 Å². The van der Waals surface area contributed by atoms with Gasteiger partial charge in [-0.1, -0.05) is 0 Å². The fourth-order valence-electron chi connectivity index (χ4n) is 0.909. The van der Waals surface area contributed by atoms with Crippen LogP contribution in [0.25, 0.3) is 0 Å². The minimum absolute atomic E-state index is 0. The Kier molecular flexibility index (Phi) is 2.98. The maximum atomic E-state index is 11.6. The smallest absolute Gasteiger partial charge is 0.330 e. The van der Waals surface area contributed by atoms with Crippen molar-refractivity contribution in [3.05, 3.63) is 0 Å². The number of alkyl halides is 3. The molecular formula is C5H9ClF3N. The molecular weight excluding hydrogens is 167 g/mol. The first-order chi connectivity index (χ1) is 4.05. The number of hydrogen-bond donors (Lipinski definition) is 1. The minimum Gasteiger partial charge on any atom is -0.330 e. The van der Waals surface area contributed by atoms with Crippen LogP contribution in [0.15, 0.2) is 0 Å². The van der Waals surface area contributed by atoms with Gasteiger partial charge in [-0.15, -0.1) is 12.4 Å². The van der Waals surface area contributed by atoms with E-state index in [2.05, 4.69) is 0 Å². The van der Waals surface area contributed by atoms with Crippen molar-refractivity contribution >= 4 is 12.4 Å². The van der Waals surface area contributed by atoms with Crippen LogP contribution in [0, 0.1) is 11.8 Å². The third-order valence-electron chi connectivity index (χ3n) is 1.65. The van der Waals surface area contributed by atoms with Gasteiger partial charge in [0.05, 0.1) is 5.92 Å². The third-order valence-corrected chi connectivity index (χ3v) is 1.65. The first-order valence-electron chi connectivity index (χ1n) is 2.82. The highest BCUT2D eigenvalue weighted by Crippen LogP contribution is 2.49. The quantitative estimate of drug-likeness (QED) is 0.643. The monoisotopic (exact) mass is 175 g/mol. The van der Waals surface area contributed by atoms with E-state index in [1.54, 1.807) is 0 Å². The molecule has 0 amide bonds. The predicted octanol–water partition coefficient (Wildman–Crippen LogP) is 1.57. The van der Waals surface area contributed by atoms with Crippen molar-refractivity contribution in [1.29, 1.82) is 0 Å². The molecule has 2 N–H and O–H groups in total. The summed E-state index contributed by atoms with van der Waals surface area (Å²) in [4.78, 5) is 0. The first-order valence-corrected chi connectivity index (χ1v) is 2.82. The number of rotatable bonds is 1. The lowest BCUT2D eigenvalue weighted by molar-refractivity contribution is -0.150. The molecule has 5 heteroatoms. The maximum Gasteiger partial charge on any atom is 0.392 e. The van der Waals surface area contributed by atoms with Crippen LogP contribution in [-0.4, -0.2) is 12.7 Å². The van der Waals surface area contributed by atoms with Crippen molar-refractivity contribution in [2.24, 2.45) is 17.6 Å². The molecule has 1 fully saturated rings. The summed E-state index contributed by atoms with van der Waals surface area (Å²) in [6.45, 7) is 0.171. The van der Waals surface area contributed by atoms with E-state index in [-0.39, 0.29) is 31.3 Å². The van der Waals surface area contributed by atoms with Crippen LogP contribution in [0.3, 0.4) is 0 Å². The van der Waals surface area contributed by atoms with Crippen molar-refractivity contribution in [2.45, 2.75) is 12.6 Å². The summed E-state index contributed by atoms with van der Waals surface area (Å²) in [6, 6.07) is 0. The molecule has 0 saturated heterocycles. The van der Waals surface area contributed by atoms with Gasteiger partial charge in [0.25, 0.3) is 0 Å². The molecule has 0 radical (unpaired) electrons. The van der Waals surface area contributed by atoms with Gasteiger partial charge in [-0.2, -0.15) is 13.2 Å². The summed E-state index contributed by atoms with van der Waals surface area (Å²) in [6.07, 6.45) is -3.76. The highest BCUT2D eigenvalue weighted by molar-refractivity contribution is 5.85. The summed E-state index contributed by atoms with van der Waals surface area (Å²) >= 11 is 0. The van der Waals surface area contributed by atoms with Crippen LogP contribution in [0.4, 0.5) is 13.2 Å². The zero-order valence-corrected chi connectivity index (χ0v) is 6.00. The summed E-state index contributed by atoms with van der Waals surface area (Å²) in [5.74, 6) is -1.38. The average molecular weight is 176 g/mol. The minimum atomic E-state index is -4.00. The van der Waals surface area contributed by atoms with Gasteiger partial charge in [-0.3, -0.25) is 0 Å². The van der Waals surface area contributed by atoms with Crippen molar-refractivity contribution in [3.63, 3.8) is 0 Å². The molecule has 0 spiro atoms. The van der Waals surface area contributed by atoms with Crippen molar-refractivity contribution < 1.29 is 13.2 Å². The lowest BCUT2D eigenvalue weighted by atomic mass is 10.3. The van der Waals surface area contributed by atoms with Gasteiger partial charge in [0.15, 0.2) is 0 Å². The molecule has 0 aromatic heterocycles. The van der Waals surface area contributed by atoms with E-state index in [1.807, 2.05) is 0 Å². The highest BCUT2D eigenvalue weighted by atomic mass is 35.5. The predicted molar refractivity (Wildman–Crippen MR) is 34.0 cm³/mol. The van der Waals surface area contributed by atoms with Crippen molar-refractivity contribution in [3.8, 4) is 0 Å². The Morgan fingerprint density at radius 2 is 1.90 bits per heavy atom. The molecule has 1 aliphatic carbocycles. The molecule has 1 nitrogen and oxygen atoms in total. The van der Waals surface area contributed by atoms with E-state index < -0.39 is 12.1 Å². The molecule has 0 aromatic carbocycles. The van der Waals surface area contributed by atoms with E-state index in [9.17, 15) is 13.2 Å². The Balaban J connectivity index is 0.000000810. The Bertz CT molecular complexity index is 114. The van der Waals surface area contributed by atoms with E-state index in [0.717, 1.165) is 0 Å². The fourth-order valence-corrected chi connectivity index (χ4v) is 0.909. The van der Waals surface area contributed by atoms with E-state index in [4.69, 9.17) is 5.73 Å². The molecule has 0 aromatic rings. The van der Waals surface area contributed by atoms with Crippen LogP contribution in [0.2, 0.25) is 0 Å². The summed E-state index contributed by atoms with van der Waals surface area (Å²) < 4.78 is 34.9. The van der Waals surface area contributed by atoms with Crippen LogP contribution < -0.4 is 5.73 Å². The molecule has 0 unspecified atom stereocenters. The summed E-state index contributed by atoms with van der Waals surface area (Å²) in [5, 5.41) is 0. The molecule has 1 rings (SSSR count). The zero-order valence-electron chi connectivity index (χ0n) is 5.19. The lowest BCUT2D eigenvalue weighted by Gasteiger charge is -2.02. The second-order valence-electron chi connectivity index (χ2n) is 2.38. The Morgan fingerprint density at radius 1 is 1.40 bits per heavy atom. The first kappa shape index (κ1) is 10.0. The zero-order chi connectivity index (χ0) is 7.07. The molecule has 62 valence electrons. The van der Waals surface area contributed by atoms with Gasteiger partial charge < -0.3 is 5.73 Å². The summed E-state index contributed by atoms with van der Waals surface area (Å²) in [5.41, 5.74) is 5.02. The van der Waals surface area contributed by atoms with Crippen LogP contribution in [0.5, 0.6) is 0 Å². The van der Waals surface area contributed by atoms with Crippen LogP contribution in [0.1, 0.15) is 6.42 Å². The standard InChI is InChI=1S/C5H8F3N.ClH/c6-5(7,8)4-1-3(4)2-9;/h3-4H,1-2,9H2;1H/t3-,4-;/m0./s1. The second kappa shape index (κ2) is 2.96. The molecule has 0 bridgehead atoms. The van der Waals surface area contributed by atoms with E-state index >= 15 is 0 Å². The van der Waals surface area contributed by atoms with Gasteiger partial charge in [-0.25, -0.2) is 0 Å². The SMILES string of the molecule is Cl.NC[C@@H]1C[C@@H]1C(F)(F)F. The van der Waals surface area contributed by atoms with Gasteiger partial charge in [0, 0.05) is 0 Å². The van der Waals surface area contributed by atoms with E-state index in [1.165, 1.54) is 0 Å². The van der Waals surface area contributed by atoms with Crippen LogP contribution in [-0.2, 0) is 0 Å². The average Bonchev–Trinajstić information content (AvgIpc) is 2.39. The van der Waals surface area contributed by atoms with Gasteiger partial charge in [-0.05, 0) is 18.9 Å². The maximum absolute atomic E-state index is 11.6. The molecule has 1 aliphatic rings. The normalized spacial score (nSPS) is 31.2. The fraction of sp³-hybridized carbons (Fsp3) is 1.00. The Labute approximate surface area is 63.2 Å².